The third kappa shape index (κ3) is 1.60. The van der Waals surface area contributed by atoms with Crippen LogP contribution in [-0.4, -0.2) is 9.96 Å². The lowest BCUT2D eigenvalue weighted by Crippen LogP contribution is -2.36. The van der Waals surface area contributed by atoms with Gasteiger partial charge in [0.1, 0.15) is 4.75 Å². The van der Waals surface area contributed by atoms with Gasteiger partial charge in [-0.1, -0.05) is 59.7 Å². The van der Waals surface area contributed by atoms with Crippen LogP contribution in [0.3, 0.4) is 0 Å². The highest BCUT2D eigenvalue weighted by Gasteiger charge is 2.49. The van der Waals surface area contributed by atoms with Crippen LogP contribution in [0.1, 0.15) is 31.4 Å². The average molecular weight is 294 g/mol. The molecule has 0 amide bonds. The molecule has 2 aromatic carbocycles. The van der Waals surface area contributed by atoms with Crippen LogP contribution in [0.25, 0.3) is 11.1 Å². The molecule has 1 aliphatic heterocycles. The van der Waals surface area contributed by atoms with E-state index in [9.17, 15) is 4.21 Å². The lowest BCUT2D eigenvalue weighted by atomic mass is 9.87. The van der Waals surface area contributed by atoms with Crippen LogP contribution < -0.4 is 0 Å². The highest BCUT2D eigenvalue weighted by Crippen LogP contribution is 2.55. The Morgan fingerprint density at radius 2 is 1.38 bits per heavy atom. The summed E-state index contributed by atoms with van der Waals surface area (Å²) in [5.74, 6) is 0.689. The van der Waals surface area contributed by atoms with Crippen LogP contribution in [0.2, 0.25) is 0 Å². The van der Waals surface area contributed by atoms with Gasteiger partial charge in [0.05, 0.1) is 0 Å². The van der Waals surface area contributed by atoms with E-state index in [2.05, 4.69) is 62.4 Å². The summed E-state index contributed by atoms with van der Waals surface area (Å²) in [5.41, 5.74) is 7.69. The fourth-order valence-corrected chi connectivity index (χ4v) is 5.88. The highest BCUT2D eigenvalue weighted by molar-refractivity contribution is 7.86. The van der Waals surface area contributed by atoms with Crippen molar-refractivity contribution < 1.29 is 4.21 Å². The molecule has 1 heterocycles. The predicted molar refractivity (Wildman–Crippen MR) is 88.7 cm³/mol. The smallest absolute Gasteiger partial charge is 0.101 e. The Morgan fingerprint density at radius 1 is 0.857 bits per heavy atom. The zero-order valence-electron chi connectivity index (χ0n) is 12.3. The molecule has 0 fully saturated rings. The lowest BCUT2D eigenvalue weighted by molar-refractivity contribution is 0.630. The van der Waals surface area contributed by atoms with Gasteiger partial charge in [0.15, 0.2) is 0 Å². The Labute approximate surface area is 128 Å². The fraction of sp³-hybridized carbons (Fsp3) is 0.263. The van der Waals surface area contributed by atoms with Crippen LogP contribution in [0.4, 0.5) is 0 Å². The van der Waals surface area contributed by atoms with Crippen molar-refractivity contribution in [3.63, 3.8) is 0 Å². The molecular weight excluding hydrogens is 276 g/mol. The zero-order valence-corrected chi connectivity index (χ0v) is 13.2. The van der Waals surface area contributed by atoms with Gasteiger partial charge in [-0.05, 0) is 42.5 Å². The summed E-state index contributed by atoms with van der Waals surface area (Å²) >= 11 is 0. The van der Waals surface area contributed by atoms with Gasteiger partial charge >= 0.3 is 0 Å². The molecule has 2 aromatic rings. The van der Waals surface area contributed by atoms with E-state index in [-0.39, 0.29) is 4.75 Å². The molecule has 1 nitrogen and oxygen atoms in total. The number of hydrogen-bond donors (Lipinski definition) is 0. The first-order chi connectivity index (χ1) is 10.1. The molecule has 106 valence electrons. The van der Waals surface area contributed by atoms with Crippen molar-refractivity contribution in [2.45, 2.75) is 25.0 Å². The van der Waals surface area contributed by atoms with Gasteiger partial charge in [-0.3, -0.25) is 4.21 Å². The molecule has 2 aliphatic rings. The summed E-state index contributed by atoms with van der Waals surface area (Å²) in [6.07, 6.45) is 0.874. The molecule has 0 radical (unpaired) electrons. The molecule has 4 rings (SSSR count). The Kier molecular flexibility index (Phi) is 2.74. The molecule has 0 saturated carbocycles. The van der Waals surface area contributed by atoms with Gasteiger partial charge < -0.3 is 0 Å². The van der Waals surface area contributed by atoms with E-state index in [1.165, 1.54) is 33.4 Å². The minimum absolute atomic E-state index is 0.337. The molecule has 0 saturated heterocycles. The second kappa shape index (κ2) is 4.41. The summed E-state index contributed by atoms with van der Waals surface area (Å²) in [7, 11) is -0.906. The molecule has 1 aliphatic carbocycles. The van der Waals surface area contributed by atoms with E-state index >= 15 is 0 Å². The summed E-state index contributed by atoms with van der Waals surface area (Å²) in [5, 5.41) is 0. The van der Waals surface area contributed by atoms with E-state index in [1.807, 2.05) is 0 Å². The van der Waals surface area contributed by atoms with Crippen molar-refractivity contribution in [2.75, 3.05) is 5.75 Å². The molecule has 21 heavy (non-hydrogen) atoms. The number of allylic oxidation sites excluding steroid dienone is 1. The van der Waals surface area contributed by atoms with E-state index in [1.54, 1.807) is 0 Å². The normalized spacial score (nSPS) is 22.3. The molecule has 2 heteroatoms. The average Bonchev–Trinajstić information content (AvgIpc) is 2.78. The van der Waals surface area contributed by atoms with Gasteiger partial charge in [0.2, 0.25) is 0 Å². The fourth-order valence-electron chi connectivity index (χ4n) is 3.77. The van der Waals surface area contributed by atoms with Gasteiger partial charge in [0, 0.05) is 16.6 Å². The monoisotopic (exact) mass is 294 g/mol. The van der Waals surface area contributed by atoms with E-state index in [0.29, 0.717) is 5.75 Å². The number of fused-ring (bicyclic) bond motifs is 5. The first kappa shape index (κ1) is 13.0. The first-order valence-corrected chi connectivity index (χ1v) is 8.69. The van der Waals surface area contributed by atoms with E-state index in [4.69, 9.17) is 0 Å². The predicted octanol–water partition coefficient (Wildman–Crippen LogP) is 4.40. The van der Waals surface area contributed by atoms with E-state index in [0.717, 1.165) is 6.42 Å². The summed E-state index contributed by atoms with van der Waals surface area (Å²) in [4.78, 5) is 0. The zero-order chi connectivity index (χ0) is 14.6. The second-order valence-electron chi connectivity index (χ2n) is 6.15. The van der Waals surface area contributed by atoms with Crippen LogP contribution in [0.5, 0.6) is 0 Å². The Bertz CT molecular complexity index is 755. The third-order valence-corrected chi connectivity index (χ3v) is 7.05. The SMILES string of the molecule is CC1=C(C)CC2(c3ccccc3-c3ccccc32)S(=O)C1. The van der Waals surface area contributed by atoms with Crippen molar-refractivity contribution >= 4 is 10.8 Å². The molecule has 0 aromatic heterocycles. The summed E-state index contributed by atoms with van der Waals surface area (Å²) in [6.45, 7) is 4.31. The van der Waals surface area contributed by atoms with Gasteiger partial charge in [-0.25, -0.2) is 0 Å². The summed E-state index contributed by atoms with van der Waals surface area (Å²) < 4.78 is 12.8. The largest absolute Gasteiger partial charge is 0.258 e. The maximum absolute atomic E-state index is 13.2. The lowest BCUT2D eigenvalue weighted by Gasteiger charge is -2.36. The molecule has 1 spiro atoms. The highest BCUT2D eigenvalue weighted by atomic mass is 32.2. The van der Waals surface area contributed by atoms with Crippen LogP contribution in [0.15, 0.2) is 59.7 Å². The molecule has 0 bridgehead atoms. The number of rotatable bonds is 0. The van der Waals surface area contributed by atoms with Crippen molar-refractivity contribution in [1.29, 1.82) is 0 Å². The number of benzene rings is 2. The van der Waals surface area contributed by atoms with Gasteiger partial charge in [-0.15, -0.1) is 0 Å². The van der Waals surface area contributed by atoms with Gasteiger partial charge in [0.25, 0.3) is 0 Å². The first-order valence-electron chi connectivity index (χ1n) is 7.37. The topological polar surface area (TPSA) is 17.1 Å². The summed E-state index contributed by atoms with van der Waals surface area (Å²) in [6, 6.07) is 17.0. The minimum Gasteiger partial charge on any atom is -0.258 e. The quantitative estimate of drug-likeness (QED) is 0.658. The van der Waals surface area contributed by atoms with Crippen molar-refractivity contribution in [2.24, 2.45) is 0 Å². The van der Waals surface area contributed by atoms with Crippen molar-refractivity contribution in [3.05, 3.63) is 70.8 Å². The molecule has 1 atom stereocenters. The second-order valence-corrected chi connectivity index (χ2v) is 7.82. The van der Waals surface area contributed by atoms with Crippen LogP contribution >= 0.6 is 0 Å². The number of hydrogen-bond acceptors (Lipinski definition) is 1. The van der Waals surface area contributed by atoms with E-state index < -0.39 is 10.8 Å². The van der Waals surface area contributed by atoms with Gasteiger partial charge in [-0.2, -0.15) is 0 Å². The van der Waals surface area contributed by atoms with Crippen LogP contribution in [-0.2, 0) is 15.5 Å². The van der Waals surface area contributed by atoms with Crippen molar-refractivity contribution in [1.82, 2.24) is 0 Å². The maximum Gasteiger partial charge on any atom is 0.101 e. The maximum atomic E-state index is 13.2. The minimum atomic E-state index is -0.906. The molecular formula is C19H18OS. The van der Waals surface area contributed by atoms with Crippen molar-refractivity contribution in [3.8, 4) is 11.1 Å². The standard InChI is InChI=1S/C19H18OS/c1-13-11-19(21(20)12-14(13)2)17-9-5-3-7-15(17)16-8-4-6-10-18(16)19/h3-10H,11-12H2,1-2H3. The third-order valence-electron chi connectivity index (χ3n) is 4.99. The Hall–Kier alpha value is -1.67. The van der Waals surface area contributed by atoms with Crippen LogP contribution in [0, 0.1) is 0 Å². The Morgan fingerprint density at radius 3 is 1.95 bits per heavy atom. The molecule has 1 unspecified atom stereocenters. The Balaban J connectivity index is 2.08. The molecule has 0 N–H and O–H groups in total.